The maximum absolute atomic E-state index is 12.4. The molecule has 0 saturated carbocycles. The third-order valence-corrected chi connectivity index (χ3v) is 5.07. The van der Waals surface area contributed by atoms with Crippen LogP contribution in [0.25, 0.3) is 10.9 Å². The van der Waals surface area contributed by atoms with E-state index in [9.17, 15) is 14.4 Å². The van der Waals surface area contributed by atoms with Crippen molar-refractivity contribution >= 4 is 22.8 Å². The van der Waals surface area contributed by atoms with Gasteiger partial charge in [-0.15, -0.1) is 0 Å². The maximum atomic E-state index is 12.4. The Bertz CT molecular complexity index is 882. The van der Waals surface area contributed by atoms with Gasteiger partial charge >= 0.3 is 5.97 Å². The van der Waals surface area contributed by atoms with Crippen molar-refractivity contribution in [2.24, 2.45) is 0 Å². The zero-order chi connectivity index (χ0) is 19.4. The molecule has 1 saturated heterocycles. The number of nitrogens with one attached hydrogen (secondary N) is 1. The predicted octanol–water partition coefficient (Wildman–Crippen LogP) is 2.19. The molecule has 1 amide bonds. The Morgan fingerprint density at radius 2 is 1.93 bits per heavy atom. The zero-order valence-corrected chi connectivity index (χ0v) is 15.7. The Balaban J connectivity index is 1.53. The summed E-state index contributed by atoms with van der Waals surface area (Å²) in [6.07, 6.45) is 3.38. The highest BCUT2D eigenvalue weighted by atomic mass is 16.5. The lowest BCUT2D eigenvalue weighted by Gasteiger charge is -2.38. The molecule has 144 valence electrons. The molecule has 1 aliphatic heterocycles. The van der Waals surface area contributed by atoms with E-state index in [1.807, 2.05) is 18.7 Å². The van der Waals surface area contributed by atoms with Crippen LogP contribution in [0, 0.1) is 0 Å². The second-order valence-corrected chi connectivity index (χ2v) is 7.12. The number of carbonyl (C=O) groups excluding carboxylic acids is 2. The van der Waals surface area contributed by atoms with E-state index in [4.69, 9.17) is 4.74 Å². The molecule has 2 heterocycles. The van der Waals surface area contributed by atoms with Crippen molar-refractivity contribution in [3.63, 3.8) is 0 Å². The van der Waals surface area contributed by atoms with Crippen molar-refractivity contribution in [1.29, 1.82) is 0 Å². The van der Waals surface area contributed by atoms with Gasteiger partial charge in [-0.25, -0.2) is 4.98 Å². The van der Waals surface area contributed by atoms with E-state index >= 15 is 0 Å². The summed E-state index contributed by atoms with van der Waals surface area (Å²) in [5, 5.41) is 0.513. The SMILES string of the molecule is C[C@@H]1CCC[C@@H](C)N1C(=O)COC(=O)CCc1nc2ccccc2c(=O)[nH]1. The van der Waals surface area contributed by atoms with Gasteiger partial charge in [0, 0.05) is 18.5 Å². The van der Waals surface area contributed by atoms with Crippen molar-refractivity contribution < 1.29 is 14.3 Å². The van der Waals surface area contributed by atoms with Gasteiger partial charge in [0.25, 0.3) is 11.5 Å². The largest absolute Gasteiger partial charge is 0.456 e. The van der Waals surface area contributed by atoms with Crippen LogP contribution in [0.5, 0.6) is 0 Å². The lowest BCUT2D eigenvalue weighted by molar-refractivity contribution is -0.154. The number of benzene rings is 1. The number of piperidine rings is 1. The van der Waals surface area contributed by atoms with Crippen molar-refractivity contribution in [3.05, 3.63) is 40.4 Å². The van der Waals surface area contributed by atoms with E-state index in [1.165, 1.54) is 0 Å². The van der Waals surface area contributed by atoms with Crippen molar-refractivity contribution in [1.82, 2.24) is 14.9 Å². The summed E-state index contributed by atoms with van der Waals surface area (Å²) in [5.41, 5.74) is 0.361. The summed E-state index contributed by atoms with van der Waals surface area (Å²) in [7, 11) is 0. The standard InChI is InChI=1S/C20H25N3O4/c1-13-6-5-7-14(2)23(13)18(24)12-27-19(25)11-10-17-21-16-9-4-3-8-15(16)20(26)22-17/h3-4,8-9,13-14H,5-7,10-12H2,1-2H3,(H,21,22,26)/t13-,14-/m1/s1. The van der Waals surface area contributed by atoms with Gasteiger partial charge in [-0.2, -0.15) is 0 Å². The summed E-state index contributed by atoms with van der Waals surface area (Å²) in [5.74, 6) is -0.197. The fourth-order valence-electron chi connectivity index (χ4n) is 3.68. The minimum Gasteiger partial charge on any atom is -0.456 e. The molecule has 0 bridgehead atoms. The number of H-pyrrole nitrogens is 1. The summed E-state index contributed by atoms with van der Waals surface area (Å²) in [6, 6.07) is 7.39. The lowest BCUT2D eigenvalue weighted by atomic mass is 9.97. The number of carbonyl (C=O) groups is 2. The molecule has 0 spiro atoms. The van der Waals surface area contributed by atoms with E-state index in [2.05, 4.69) is 9.97 Å². The molecule has 1 fully saturated rings. The first-order valence-corrected chi connectivity index (χ1v) is 9.40. The van der Waals surface area contributed by atoms with Crippen LogP contribution in [-0.2, 0) is 20.7 Å². The Hall–Kier alpha value is -2.70. The minimum absolute atomic E-state index is 0.0552. The van der Waals surface area contributed by atoms with Crippen LogP contribution in [0.4, 0.5) is 0 Å². The highest BCUT2D eigenvalue weighted by molar-refractivity contribution is 5.81. The maximum Gasteiger partial charge on any atom is 0.306 e. The Morgan fingerprint density at radius 3 is 2.67 bits per heavy atom. The number of likely N-dealkylation sites (tertiary alicyclic amines) is 1. The molecule has 27 heavy (non-hydrogen) atoms. The van der Waals surface area contributed by atoms with E-state index in [1.54, 1.807) is 24.3 Å². The second kappa shape index (κ2) is 8.33. The molecule has 3 rings (SSSR count). The molecular weight excluding hydrogens is 346 g/mol. The number of fused-ring (bicyclic) bond motifs is 1. The van der Waals surface area contributed by atoms with Gasteiger partial charge in [0.2, 0.25) is 0 Å². The molecule has 1 aliphatic rings. The molecule has 2 atom stereocenters. The number of aryl methyl sites for hydroxylation is 1. The van der Waals surface area contributed by atoms with Crippen LogP contribution in [0.3, 0.4) is 0 Å². The summed E-state index contributed by atoms with van der Waals surface area (Å²) in [6.45, 7) is 3.81. The van der Waals surface area contributed by atoms with Gasteiger partial charge < -0.3 is 14.6 Å². The molecular formula is C20H25N3O4. The number of esters is 1. The Morgan fingerprint density at radius 1 is 1.22 bits per heavy atom. The summed E-state index contributed by atoms with van der Waals surface area (Å²) >= 11 is 0. The van der Waals surface area contributed by atoms with Gasteiger partial charge in [0.05, 0.1) is 17.3 Å². The van der Waals surface area contributed by atoms with Crippen molar-refractivity contribution in [3.8, 4) is 0 Å². The number of aromatic nitrogens is 2. The zero-order valence-electron chi connectivity index (χ0n) is 15.7. The first-order chi connectivity index (χ1) is 13.0. The predicted molar refractivity (Wildman–Crippen MR) is 101 cm³/mol. The lowest BCUT2D eigenvalue weighted by Crippen LogP contribution is -2.49. The molecule has 2 aromatic rings. The van der Waals surface area contributed by atoms with Crippen LogP contribution in [0.15, 0.2) is 29.1 Å². The molecule has 0 unspecified atom stereocenters. The highest BCUT2D eigenvalue weighted by Crippen LogP contribution is 2.22. The normalized spacial score (nSPS) is 19.9. The number of nitrogens with zero attached hydrogens (tertiary/aromatic N) is 2. The quantitative estimate of drug-likeness (QED) is 0.814. The number of ether oxygens (including phenoxy) is 1. The summed E-state index contributed by atoms with van der Waals surface area (Å²) in [4.78, 5) is 45.3. The molecule has 0 aliphatic carbocycles. The first-order valence-electron chi connectivity index (χ1n) is 9.40. The number of hydrogen-bond acceptors (Lipinski definition) is 5. The van der Waals surface area contributed by atoms with E-state index in [0.29, 0.717) is 16.7 Å². The molecule has 7 nitrogen and oxygen atoms in total. The molecule has 7 heteroatoms. The Kier molecular flexibility index (Phi) is 5.88. The fraction of sp³-hybridized carbons (Fsp3) is 0.500. The average molecular weight is 371 g/mol. The van der Waals surface area contributed by atoms with E-state index < -0.39 is 5.97 Å². The van der Waals surface area contributed by atoms with Gasteiger partial charge in [0.1, 0.15) is 5.82 Å². The van der Waals surface area contributed by atoms with Crippen LogP contribution >= 0.6 is 0 Å². The van der Waals surface area contributed by atoms with Gasteiger partial charge in [-0.1, -0.05) is 12.1 Å². The van der Waals surface area contributed by atoms with E-state index in [-0.39, 0.29) is 43.0 Å². The van der Waals surface area contributed by atoms with Crippen LogP contribution in [0.2, 0.25) is 0 Å². The number of para-hydroxylation sites is 1. The van der Waals surface area contributed by atoms with Crippen molar-refractivity contribution in [2.75, 3.05) is 6.61 Å². The van der Waals surface area contributed by atoms with E-state index in [0.717, 1.165) is 19.3 Å². The molecule has 1 aromatic carbocycles. The van der Waals surface area contributed by atoms with Crippen LogP contribution in [-0.4, -0.2) is 45.4 Å². The smallest absolute Gasteiger partial charge is 0.306 e. The summed E-state index contributed by atoms with van der Waals surface area (Å²) < 4.78 is 5.14. The highest BCUT2D eigenvalue weighted by Gasteiger charge is 2.29. The third kappa shape index (κ3) is 4.53. The number of rotatable bonds is 5. The van der Waals surface area contributed by atoms with Crippen molar-refractivity contribution in [2.45, 2.75) is 58.0 Å². The number of aromatic amines is 1. The van der Waals surface area contributed by atoms with Gasteiger partial charge in [0.15, 0.2) is 6.61 Å². The van der Waals surface area contributed by atoms with Crippen LogP contribution < -0.4 is 5.56 Å². The second-order valence-electron chi connectivity index (χ2n) is 7.12. The van der Waals surface area contributed by atoms with Gasteiger partial charge in [-0.05, 0) is 45.2 Å². The fourth-order valence-corrected chi connectivity index (χ4v) is 3.68. The minimum atomic E-state index is -0.475. The first kappa shape index (κ1) is 19.1. The average Bonchev–Trinajstić information content (AvgIpc) is 2.64. The molecule has 1 N–H and O–H groups in total. The molecule has 0 radical (unpaired) electrons. The van der Waals surface area contributed by atoms with Crippen LogP contribution in [0.1, 0.15) is 45.4 Å². The third-order valence-electron chi connectivity index (χ3n) is 5.07. The number of amides is 1. The van der Waals surface area contributed by atoms with Gasteiger partial charge in [-0.3, -0.25) is 14.4 Å². The number of hydrogen-bond donors (Lipinski definition) is 1. The Labute approximate surface area is 157 Å². The monoisotopic (exact) mass is 371 g/mol. The topological polar surface area (TPSA) is 92.4 Å². The molecule has 1 aromatic heterocycles.